The van der Waals surface area contributed by atoms with Gasteiger partial charge in [-0.3, -0.25) is 28.7 Å². The molecule has 5 N–H and O–H groups in total. The van der Waals surface area contributed by atoms with Crippen LogP contribution in [0.2, 0.25) is 0 Å². The smallest absolute Gasteiger partial charge is 0.289 e. The second kappa shape index (κ2) is 15.5. The molecule has 0 bridgehead atoms. The number of para-hydroxylation sites is 1. The van der Waals surface area contributed by atoms with Gasteiger partial charge in [0.2, 0.25) is 17.6 Å². The first-order valence-corrected chi connectivity index (χ1v) is 15.5. The third-order valence-electron chi connectivity index (χ3n) is 7.96. The summed E-state index contributed by atoms with van der Waals surface area (Å²) in [7, 11) is 1.61. The number of nitrogens with one attached hydrogen (secondary N) is 5. The number of aryl methyl sites for hydroxylation is 1. The summed E-state index contributed by atoms with van der Waals surface area (Å²) in [6, 6.07) is 23.8. The van der Waals surface area contributed by atoms with E-state index in [4.69, 9.17) is 0 Å². The van der Waals surface area contributed by atoms with Gasteiger partial charge in [-0.1, -0.05) is 78.9 Å². The molecule has 48 heavy (non-hydrogen) atoms. The van der Waals surface area contributed by atoms with Gasteiger partial charge in [0.05, 0.1) is 0 Å². The van der Waals surface area contributed by atoms with E-state index in [1.165, 1.54) is 23.9 Å². The van der Waals surface area contributed by atoms with Crippen LogP contribution in [0.4, 0.5) is 0 Å². The van der Waals surface area contributed by atoms with Crippen LogP contribution in [0.3, 0.4) is 0 Å². The predicted octanol–water partition coefficient (Wildman–Crippen LogP) is 2.36. The summed E-state index contributed by atoms with van der Waals surface area (Å²) >= 11 is 0. The number of rotatable bonds is 14. The van der Waals surface area contributed by atoms with Gasteiger partial charge in [0, 0.05) is 49.7 Å². The van der Waals surface area contributed by atoms with Gasteiger partial charge in [0.15, 0.2) is 0 Å². The molecule has 12 heteroatoms. The summed E-state index contributed by atoms with van der Waals surface area (Å²) in [5.41, 5.74) is 3.41. The Labute approximate surface area is 277 Å². The summed E-state index contributed by atoms with van der Waals surface area (Å²) in [5, 5.41) is 15.6. The number of carbonyl (C=O) groups excluding carboxylic acids is 5. The first-order valence-electron chi connectivity index (χ1n) is 15.5. The van der Waals surface area contributed by atoms with E-state index >= 15 is 0 Å². The van der Waals surface area contributed by atoms with Crippen LogP contribution in [0, 0.1) is 0 Å². The predicted molar refractivity (Wildman–Crippen MR) is 179 cm³/mol. The van der Waals surface area contributed by atoms with Crippen LogP contribution in [-0.2, 0) is 45.6 Å². The highest BCUT2D eigenvalue weighted by Gasteiger charge is 2.32. The summed E-state index contributed by atoms with van der Waals surface area (Å²) in [5.74, 6) is -3.45. The van der Waals surface area contributed by atoms with E-state index in [0.717, 1.165) is 27.6 Å². The molecule has 4 amide bonds. The number of carbonyl (C=O) groups is 5. The minimum atomic E-state index is -1.22. The summed E-state index contributed by atoms with van der Waals surface area (Å²) < 4.78 is 1.38. The van der Waals surface area contributed by atoms with Gasteiger partial charge in [-0.25, -0.2) is 0 Å². The monoisotopic (exact) mass is 647 g/mol. The Bertz CT molecular complexity index is 1900. The standard InChI is InChI=1S/C36H37N7O5/c1-23(40-35(47)31-17-18-39-43(31)2)33(45)42-30(20-26-22-37-28-16-10-9-15-27(26)28)34(46)41-29(19-24-11-5-3-6-12-24)32(44)36(48)38-21-25-13-7-4-8-14-25/h3-18,22-23,29-30,37H,19-21H2,1-2H3,(H,38,48)(H,40,47)(H,41,46)(H,42,45)/t23-,29-,30-/m0/s1. The zero-order chi connectivity index (χ0) is 34.0. The first kappa shape index (κ1) is 33.3. The Balaban J connectivity index is 1.36. The lowest BCUT2D eigenvalue weighted by molar-refractivity contribution is -0.140. The van der Waals surface area contributed by atoms with E-state index in [1.54, 1.807) is 37.5 Å². The van der Waals surface area contributed by atoms with E-state index in [0.29, 0.717) is 0 Å². The third-order valence-corrected chi connectivity index (χ3v) is 7.96. The maximum absolute atomic E-state index is 14.0. The maximum atomic E-state index is 14.0. The molecule has 0 saturated carbocycles. The summed E-state index contributed by atoms with van der Waals surface area (Å²) in [6.45, 7) is 1.64. The molecule has 12 nitrogen and oxygen atoms in total. The first-order chi connectivity index (χ1) is 23.2. The third kappa shape index (κ3) is 8.40. The highest BCUT2D eigenvalue weighted by atomic mass is 16.2. The van der Waals surface area contributed by atoms with Gasteiger partial charge in [0.1, 0.15) is 23.8 Å². The van der Waals surface area contributed by atoms with Crippen molar-refractivity contribution in [1.29, 1.82) is 0 Å². The fourth-order valence-electron chi connectivity index (χ4n) is 5.31. The van der Waals surface area contributed by atoms with E-state index < -0.39 is 47.5 Å². The molecule has 0 aliphatic carbocycles. The Morgan fingerprint density at radius 1 is 0.750 bits per heavy atom. The molecule has 3 aromatic carbocycles. The minimum absolute atomic E-state index is 0.0507. The molecule has 0 aliphatic rings. The van der Waals surface area contributed by atoms with Crippen molar-refractivity contribution in [3.63, 3.8) is 0 Å². The lowest BCUT2D eigenvalue weighted by atomic mass is 9.99. The fraction of sp³-hybridized carbons (Fsp3) is 0.222. The van der Waals surface area contributed by atoms with Crippen molar-refractivity contribution >= 4 is 40.3 Å². The molecule has 2 aromatic heterocycles. The van der Waals surface area contributed by atoms with E-state index in [2.05, 4.69) is 31.3 Å². The molecule has 246 valence electrons. The van der Waals surface area contributed by atoms with Crippen LogP contribution < -0.4 is 21.3 Å². The number of hydrogen-bond acceptors (Lipinski definition) is 6. The summed E-state index contributed by atoms with van der Waals surface area (Å²) in [4.78, 5) is 69.9. The number of fused-ring (bicyclic) bond motifs is 1. The highest BCUT2D eigenvalue weighted by Crippen LogP contribution is 2.19. The molecule has 0 unspecified atom stereocenters. The Morgan fingerprint density at radius 2 is 1.40 bits per heavy atom. The van der Waals surface area contributed by atoms with Crippen molar-refractivity contribution in [2.45, 2.75) is 44.4 Å². The second-order valence-corrected chi connectivity index (χ2v) is 11.4. The molecular weight excluding hydrogens is 610 g/mol. The van der Waals surface area contributed by atoms with Gasteiger partial charge < -0.3 is 26.3 Å². The van der Waals surface area contributed by atoms with Crippen LogP contribution >= 0.6 is 0 Å². The van der Waals surface area contributed by atoms with Gasteiger partial charge in [-0.15, -0.1) is 0 Å². The van der Waals surface area contributed by atoms with Gasteiger partial charge >= 0.3 is 0 Å². The highest BCUT2D eigenvalue weighted by molar-refractivity contribution is 6.38. The largest absolute Gasteiger partial charge is 0.361 e. The number of benzene rings is 3. The number of hydrogen-bond donors (Lipinski definition) is 5. The Morgan fingerprint density at radius 3 is 2.08 bits per heavy atom. The molecule has 5 rings (SSSR count). The van der Waals surface area contributed by atoms with Crippen LogP contribution in [0.15, 0.2) is 103 Å². The second-order valence-electron chi connectivity index (χ2n) is 11.4. The number of aromatic nitrogens is 3. The summed E-state index contributed by atoms with van der Waals surface area (Å²) in [6.07, 6.45) is 3.34. The molecular formula is C36H37N7O5. The minimum Gasteiger partial charge on any atom is -0.361 e. The number of amides is 4. The topological polar surface area (TPSA) is 167 Å². The van der Waals surface area contributed by atoms with Crippen molar-refractivity contribution in [3.05, 3.63) is 126 Å². The lowest BCUT2D eigenvalue weighted by Crippen LogP contribution is -2.57. The molecule has 0 saturated heterocycles. The van der Waals surface area contributed by atoms with Crippen molar-refractivity contribution < 1.29 is 24.0 Å². The maximum Gasteiger partial charge on any atom is 0.289 e. The van der Waals surface area contributed by atoms with Gasteiger partial charge in [-0.05, 0) is 35.7 Å². The van der Waals surface area contributed by atoms with Crippen LogP contribution in [0.5, 0.6) is 0 Å². The normalized spacial score (nSPS) is 12.8. The quantitative estimate of drug-likeness (QED) is 0.116. The Hall–Kier alpha value is -6.04. The molecule has 0 radical (unpaired) electrons. The number of ketones is 1. The van der Waals surface area contributed by atoms with Crippen molar-refractivity contribution in [1.82, 2.24) is 36.0 Å². The van der Waals surface area contributed by atoms with E-state index in [-0.39, 0.29) is 25.1 Å². The van der Waals surface area contributed by atoms with Crippen molar-refractivity contribution in [3.8, 4) is 0 Å². The molecule has 3 atom stereocenters. The van der Waals surface area contributed by atoms with E-state index in [1.807, 2.05) is 60.7 Å². The van der Waals surface area contributed by atoms with Crippen molar-refractivity contribution in [2.24, 2.45) is 7.05 Å². The molecule has 5 aromatic rings. The molecule has 0 fully saturated rings. The average molecular weight is 648 g/mol. The van der Waals surface area contributed by atoms with Crippen LogP contribution in [0.25, 0.3) is 10.9 Å². The molecule has 0 aliphatic heterocycles. The van der Waals surface area contributed by atoms with Gasteiger partial charge in [-0.2, -0.15) is 5.10 Å². The number of Topliss-reactive ketones (excluding diaryl/α,β-unsaturated/α-hetero) is 1. The molecule has 0 spiro atoms. The van der Waals surface area contributed by atoms with Crippen LogP contribution in [0.1, 0.15) is 34.1 Å². The van der Waals surface area contributed by atoms with Gasteiger partial charge in [0.25, 0.3) is 11.8 Å². The van der Waals surface area contributed by atoms with Crippen LogP contribution in [-0.4, -0.2) is 62.3 Å². The number of nitrogens with zero attached hydrogens (tertiary/aromatic N) is 2. The number of H-pyrrole nitrogens is 1. The fourth-order valence-corrected chi connectivity index (χ4v) is 5.31. The Kier molecular flexibility index (Phi) is 10.8. The lowest BCUT2D eigenvalue weighted by Gasteiger charge is -2.24. The SMILES string of the molecule is C[C@H](NC(=O)c1ccnn1C)C(=O)N[C@@H](Cc1c[nH]c2ccccc12)C(=O)N[C@@H](Cc1ccccc1)C(=O)C(=O)NCc1ccccc1. The number of aromatic amines is 1. The van der Waals surface area contributed by atoms with Crippen molar-refractivity contribution in [2.75, 3.05) is 0 Å². The molecule has 2 heterocycles. The zero-order valence-corrected chi connectivity index (χ0v) is 26.6. The van der Waals surface area contributed by atoms with E-state index in [9.17, 15) is 24.0 Å². The average Bonchev–Trinajstić information content (AvgIpc) is 3.72. The zero-order valence-electron chi connectivity index (χ0n) is 26.6.